The Morgan fingerprint density at radius 3 is 2.60 bits per heavy atom. The van der Waals surface area contributed by atoms with E-state index in [9.17, 15) is 4.79 Å². The van der Waals surface area contributed by atoms with E-state index in [1.165, 1.54) is 18.9 Å². The number of anilines is 1. The van der Waals surface area contributed by atoms with E-state index in [2.05, 4.69) is 15.5 Å². The largest absolute Gasteiger partial charge is 0.497 e. The van der Waals surface area contributed by atoms with Crippen LogP contribution in [0, 0.1) is 0 Å². The van der Waals surface area contributed by atoms with Gasteiger partial charge in [0.1, 0.15) is 29.6 Å². The van der Waals surface area contributed by atoms with Gasteiger partial charge >= 0.3 is 0 Å². The van der Waals surface area contributed by atoms with E-state index in [1.807, 2.05) is 16.7 Å². The molecule has 1 amide bonds. The predicted octanol–water partition coefficient (Wildman–Crippen LogP) is 4.90. The highest BCUT2D eigenvalue weighted by Crippen LogP contribution is 2.29. The first-order chi connectivity index (χ1) is 17.1. The van der Waals surface area contributed by atoms with E-state index in [1.54, 1.807) is 55.8 Å². The van der Waals surface area contributed by atoms with E-state index in [4.69, 9.17) is 30.2 Å². The van der Waals surface area contributed by atoms with Crippen LogP contribution in [0.25, 0.3) is 0 Å². The van der Waals surface area contributed by atoms with Gasteiger partial charge in [-0.1, -0.05) is 23.4 Å². The van der Waals surface area contributed by atoms with Crippen molar-refractivity contribution in [3.05, 3.63) is 77.5 Å². The third kappa shape index (κ3) is 6.49. The molecule has 0 spiro atoms. The molecule has 1 N–H and O–H groups in total. The number of aromatic nitrogens is 3. The lowest BCUT2D eigenvalue weighted by Crippen LogP contribution is -2.16. The number of halogens is 1. The van der Waals surface area contributed by atoms with Gasteiger partial charge in [0.15, 0.2) is 11.0 Å². The second-order valence-corrected chi connectivity index (χ2v) is 8.59. The van der Waals surface area contributed by atoms with Crippen LogP contribution in [-0.2, 0) is 17.9 Å². The number of furan rings is 1. The number of methoxy groups -OCH3 is 2. The quantitative estimate of drug-likeness (QED) is 0.282. The molecular formula is C24H23ClN4O5S. The van der Waals surface area contributed by atoms with E-state index in [0.29, 0.717) is 45.5 Å². The fourth-order valence-electron chi connectivity index (χ4n) is 3.15. The summed E-state index contributed by atoms with van der Waals surface area (Å²) in [5.41, 5.74) is 0.549. The summed E-state index contributed by atoms with van der Waals surface area (Å²) in [6, 6.07) is 15.9. The van der Waals surface area contributed by atoms with Crippen LogP contribution < -0.4 is 19.5 Å². The molecule has 9 nitrogen and oxygen atoms in total. The van der Waals surface area contributed by atoms with Crippen LogP contribution in [0.15, 0.2) is 70.4 Å². The van der Waals surface area contributed by atoms with Crippen LogP contribution in [0.2, 0.25) is 5.02 Å². The molecule has 35 heavy (non-hydrogen) atoms. The molecule has 0 bridgehead atoms. The van der Waals surface area contributed by atoms with Gasteiger partial charge < -0.3 is 23.9 Å². The number of carbonyl (C=O) groups excluding carboxylic acids is 1. The summed E-state index contributed by atoms with van der Waals surface area (Å²) >= 11 is 7.20. The van der Waals surface area contributed by atoms with Crippen LogP contribution >= 0.6 is 23.4 Å². The lowest BCUT2D eigenvalue weighted by Gasteiger charge is -2.12. The molecule has 4 aromatic rings. The summed E-state index contributed by atoms with van der Waals surface area (Å²) in [5, 5.41) is 12.6. The van der Waals surface area contributed by atoms with Crippen LogP contribution in [-0.4, -0.2) is 40.6 Å². The molecular weight excluding hydrogens is 492 g/mol. The highest BCUT2D eigenvalue weighted by atomic mass is 35.5. The summed E-state index contributed by atoms with van der Waals surface area (Å²) in [7, 11) is 3.10. The Labute approximate surface area is 211 Å². The number of amides is 1. The average Bonchev–Trinajstić information content (AvgIpc) is 3.53. The van der Waals surface area contributed by atoms with Gasteiger partial charge in [-0.25, -0.2) is 0 Å². The van der Waals surface area contributed by atoms with Crippen molar-refractivity contribution in [2.75, 3.05) is 25.3 Å². The molecule has 0 radical (unpaired) electrons. The van der Waals surface area contributed by atoms with Crippen molar-refractivity contribution in [1.82, 2.24) is 14.8 Å². The van der Waals surface area contributed by atoms with Gasteiger partial charge in [-0.2, -0.15) is 0 Å². The topological polar surface area (TPSA) is 101 Å². The first-order valence-corrected chi connectivity index (χ1v) is 11.9. The molecule has 0 aliphatic carbocycles. The molecule has 0 saturated carbocycles. The number of nitrogens with one attached hydrogen (secondary N) is 1. The van der Waals surface area contributed by atoms with Crippen molar-refractivity contribution in [3.8, 4) is 17.2 Å². The van der Waals surface area contributed by atoms with Crippen molar-refractivity contribution in [2.45, 2.75) is 18.3 Å². The molecule has 0 aliphatic rings. The summed E-state index contributed by atoms with van der Waals surface area (Å²) in [6.45, 7) is 0.584. The standard InChI is InChI=1S/C24H23ClN4O5S/c1-31-18-9-10-20(21(12-18)32-2)26-23(30)15-35-24-28-27-22(29(24)13-19-4-3-11-33-19)14-34-17-7-5-16(25)6-8-17/h3-12H,13-15H2,1-2H3,(H,26,30). The van der Waals surface area contributed by atoms with Crippen molar-refractivity contribution in [3.63, 3.8) is 0 Å². The Morgan fingerprint density at radius 1 is 1.09 bits per heavy atom. The zero-order valence-corrected chi connectivity index (χ0v) is 20.6. The average molecular weight is 515 g/mol. The number of hydrogen-bond donors (Lipinski definition) is 1. The number of thioether (sulfide) groups is 1. The Balaban J connectivity index is 1.44. The zero-order chi connectivity index (χ0) is 24.6. The van der Waals surface area contributed by atoms with Gasteiger partial charge in [0, 0.05) is 11.1 Å². The second-order valence-electron chi connectivity index (χ2n) is 7.21. The number of carbonyl (C=O) groups is 1. The summed E-state index contributed by atoms with van der Waals surface area (Å²) < 4.78 is 23.7. The third-order valence-corrected chi connectivity index (χ3v) is 6.10. The van der Waals surface area contributed by atoms with Crippen LogP contribution in [0.1, 0.15) is 11.6 Å². The molecule has 0 fully saturated rings. The van der Waals surface area contributed by atoms with Crippen molar-refractivity contribution in [2.24, 2.45) is 0 Å². The number of hydrogen-bond acceptors (Lipinski definition) is 8. The van der Waals surface area contributed by atoms with Crippen LogP contribution in [0.4, 0.5) is 5.69 Å². The molecule has 2 aromatic carbocycles. The fraction of sp³-hybridized carbons (Fsp3) is 0.208. The maximum Gasteiger partial charge on any atom is 0.234 e. The maximum atomic E-state index is 12.7. The minimum absolute atomic E-state index is 0.115. The lowest BCUT2D eigenvalue weighted by atomic mass is 10.2. The monoisotopic (exact) mass is 514 g/mol. The number of rotatable bonds is 11. The fourth-order valence-corrected chi connectivity index (χ4v) is 4.03. The molecule has 2 heterocycles. The van der Waals surface area contributed by atoms with Crippen molar-refractivity contribution < 1.29 is 23.4 Å². The lowest BCUT2D eigenvalue weighted by molar-refractivity contribution is -0.113. The maximum absolute atomic E-state index is 12.7. The minimum Gasteiger partial charge on any atom is -0.497 e. The molecule has 0 atom stereocenters. The van der Waals surface area contributed by atoms with E-state index in [-0.39, 0.29) is 18.3 Å². The molecule has 0 aliphatic heterocycles. The Bertz CT molecular complexity index is 1260. The van der Waals surface area contributed by atoms with E-state index < -0.39 is 0 Å². The Morgan fingerprint density at radius 2 is 1.89 bits per heavy atom. The summed E-state index contributed by atoms with van der Waals surface area (Å²) in [4.78, 5) is 12.7. The van der Waals surface area contributed by atoms with Gasteiger partial charge in [-0.05, 0) is 48.5 Å². The zero-order valence-electron chi connectivity index (χ0n) is 19.1. The number of ether oxygens (including phenoxy) is 3. The SMILES string of the molecule is COc1ccc(NC(=O)CSc2nnc(COc3ccc(Cl)cc3)n2Cc2ccco2)c(OC)c1. The van der Waals surface area contributed by atoms with Crippen molar-refractivity contribution >= 4 is 35.0 Å². The third-order valence-electron chi connectivity index (χ3n) is 4.88. The molecule has 11 heteroatoms. The highest BCUT2D eigenvalue weighted by molar-refractivity contribution is 7.99. The molecule has 0 unspecified atom stereocenters. The number of nitrogens with zero attached hydrogens (tertiary/aromatic N) is 3. The minimum atomic E-state index is -0.218. The van der Waals surface area contributed by atoms with Crippen LogP contribution in [0.5, 0.6) is 17.2 Å². The smallest absolute Gasteiger partial charge is 0.234 e. The predicted molar refractivity (Wildman–Crippen MR) is 133 cm³/mol. The second kappa shape index (κ2) is 11.7. The van der Waals surface area contributed by atoms with Gasteiger partial charge in [0.05, 0.1) is 38.5 Å². The molecule has 4 rings (SSSR count). The first-order valence-electron chi connectivity index (χ1n) is 10.5. The molecule has 182 valence electrons. The van der Waals surface area contributed by atoms with E-state index >= 15 is 0 Å². The van der Waals surface area contributed by atoms with Gasteiger partial charge in [0.25, 0.3) is 0 Å². The first kappa shape index (κ1) is 24.5. The van der Waals surface area contributed by atoms with Gasteiger partial charge in [-0.3, -0.25) is 9.36 Å². The normalized spacial score (nSPS) is 10.7. The Kier molecular flexibility index (Phi) is 8.17. The van der Waals surface area contributed by atoms with Crippen molar-refractivity contribution in [1.29, 1.82) is 0 Å². The summed E-state index contributed by atoms with van der Waals surface area (Å²) in [5.74, 6) is 3.01. The highest BCUT2D eigenvalue weighted by Gasteiger charge is 2.17. The Hall–Kier alpha value is -3.63. The molecule has 2 aromatic heterocycles. The van der Waals surface area contributed by atoms with Crippen LogP contribution in [0.3, 0.4) is 0 Å². The summed E-state index contributed by atoms with van der Waals surface area (Å²) in [6.07, 6.45) is 1.60. The van der Waals surface area contributed by atoms with E-state index in [0.717, 1.165) is 5.76 Å². The number of benzene rings is 2. The van der Waals surface area contributed by atoms with Gasteiger partial charge in [0.2, 0.25) is 5.91 Å². The molecule has 0 saturated heterocycles. The van der Waals surface area contributed by atoms with Gasteiger partial charge in [-0.15, -0.1) is 10.2 Å².